The maximum absolute atomic E-state index is 13.3. The highest BCUT2D eigenvalue weighted by molar-refractivity contribution is 6.23. The highest BCUT2D eigenvalue weighted by Gasteiger charge is 2.45. The third-order valence-corrected chi connectivity index (χ3v) is 10.9. The van der Waals surface area contributed by atoms with Gasteiger partial charge in [0, 0.05) is 43.6 Å². The van der Waals surface area contributed by atoms with Crippen LogP contribution in [-0.2, 0) is 15.8 Å². The Morgan fingerprint density at radius 1 is 0.929 bits per heavy atom. The number of primary amides is 1. The van der Waals surface area contributed by atoms with E-state index in [-0.39, 0.29) is 41.3 Å². The van der Waals surface area contributed by atoms with Crippen molar-refractivity contribution in [3.63, 3.8) is 0 Å². The van der Waals surface area contributed by atoms with Gasteiger partial charge in [-0.2, -0.15) is 18.3 Å². The van der Waals surface area contributed by atoms with Gasteiger partial charge in [-0.15, -0.1) is 0 Å². The molecule has 2 atom stereocenters. The molecule has 18 heteroatoms. The molecule has 290 valence electrons. The molecule has 6 heterocycles. The first kappa shape index (κ1) is 36.8. The van der Waals surface area contributed by atoms with Crippen molar-refractivity contribution < 1.29 is 37.1 Å². The maximum Gasteiger partial charge on any atom is 0.435 e. The number of nitrogens with two attached hydrogens (primary N) is 1. The lowest BCUT2D eigenvalue weighted by atomic mass is 9.89. The van der Waals surface area contributed by atoms with Gasteiger partial charge >= 0.3 is 6.18 Å². The van der Waals surface area contributed by atoms with Gasteiger partial charge < -0.3 is 20.9 Å². The first-order chi connectivity index (χ1) is 26.8. The molecular formula is C38H37F3N10O5. The zero-order chi connectivity index (χ0) is 39.3. The first-order valence-electron chi connectivity index (χ1n) is 18.3. The van der Waals surface area contributed by atoms with Crippen LogP contribution in [0.5, 0.6) is 0 Å². The lowest BCUT2D eigenvalue weighted by Crippen LogP contribution is -2.54. The van der Waals surface area contributed by atoms with Crippen LogP contribution in [0.15, 0.2) is 60.9 Å². The summed E-state index contributed by atoms with van der Waals surface area (Å²) in [5.74, 6) is -2.19. The van der Waals surface area contributed by atoms with Crippen LogP contribution in [0.25, 0.3) is 5.82 Å². The number of aromatic nitrogens is 4. The molecule has 0 spiro atoms. The van der Waals surface area contributed by atoms with Crippen molar-refractivity contribution in [2.45, 2.75) is 50.2 Å². The summed E-state index contributed by atoms with van der Waals surface area (Å²) in [5, 5.41) is 8.77. The Bertz CT molecular complexity index is 2240. The molecule has 5 amide bonds. The van der Waals surface area contributed by atoms with E-state index >= 15 is 0 Å². The van der Waals surface area contributed by atoms with E-state index < -0.39 is 47.4 Å². The van der Waals surface area contributed by atoms with Crippen molar-refractivity contribution in [3.05, 3.63) is 89.0 Å². The number of nitrogens with one attached hydrogen (secondary N) is 2. The second-order valence-corrected chi connectivity index (χ2v) is 14.5. The number of carbonyl (C=O) groups excluding carboxylic acids is 5. The van der Waals surface area contributed by atoms with E-state index in [1.807, 2.05) is 30.3 Å². The molecule has 0 saturated carbocycles. The minimum absolute atomic E-state index is 0.0122. The van der Waals surface area contributed by atoms with E-state index in [1.165, 1.54) is 0 Å². The summed E-state index contributed by atoms with van der Waals surface area (Å²) in [4.78, 5) is 76.5. The van der Waals surface area contributed by atoms with Crippen molar-refractivity contribution in [1.82, 2.24) is 34.9 Å². The number of amides is 5. The molecule has 0 aliphatic carbocycles. The third-order valence-electron chi connectivity index (χ3n) is 10.9. The number of benzene rings is 2. The standard InChI is InChI=1S/C38H37F3N10O5/c39-38(40,41)29-12-16-50(47-29)30-18-43-32(33(42)53)34(45-30)44-24-3-1-22(2-4-24)23-10-13-48(14-11-23)19-21-9-15-49(20-21)25-5-6-26-27(17-25)37(56)51(36(26)55)28-7-8-31(52)46-35(28)54/h1-6,12,16-18,21,23,28H,7-11,13-15,19-20H2,(H2,42,53)(H,44,45)(H,46,52,54). The van der Waals surface area contributed by atoms with Gasteiger partial charge in [0.15, 0.2) is 23.0 Å². The molecule has 4 aliphatic rings. The Balaban J connectivity index is 0.844. The van der Waals surface area contributed by atoms with Gasteiger partial charge in [-0.1, -0.05) is 12.1 Å². The number of piperidine rings is 2. The van der Waals surface area contributed by atoms with Gasteiger partial charge in [0.05, 0.1) is 17.3 Å². The van der Waals surface area contributed by atoms with Crippen LogP contribution < -0.4 is 21.3 Å². The lowest BCUT2D eigenvalue weighted by molar-refractivity contribution is -0.141. The quantitative estimate of drug-likeness (QED) is 0.211. The molecular weight excluding hydrogens is 733 g/mol. The minimum Gasteiger partial charge on any atom is -0.371 e. The second kappa shape index (κ2) is 14.5. The molecule has 4 aliphatic heterocycles. The number of nitrogens with zero attached hydrogens (tertiary/aromatic N) is 7. The summed E-state index contributed by atoms with van der Waals surface area (Å²) in [7, 11) is 0. The van der Waals surface area contributed by atoms with Gasteiger partial charge in [0.1, 0.15) is 6.04 Å². The number of rotatable bonds is 9. The molecule has 0 bridgehead atoms. The van der Waals surface area contributed by atoms with Crippen LogP contribution in [0.4, 0.5) is 30.4 Å². The van der Waals surface area contributed by atoms with Crippen molar-refractivity contribution in [2.24, 2.45) is 11.7 Å². The summed E-state index contributed by atoms with van der Waals surface area (Å²) in [6.45, 7) is 4.43. The molecule has 56 heavy (non-hydrogen) atoms. The van der Waals surface area contributed by atoms with Gasteiger partial charge in [-0.05, 0) is 92.6 Å². The Hall–Kier alpha value is -6.17. The molecule has 2 aromatic carbocycles. The smallest absolute Gasteiger partial charge is 0.371 e. The second-order valence-electron chi connectivity index (χ2n) is 14.5. The van der Waals surface area contributed by atoms with Crippen molar-refractivity contribution in [1.29, 1.82) is 0 Å². The fourth-order valence-corrected chi connectivity index (χ4v) is 8.02. The fraction of sp³-hybridized carbons (Fsp3) is 0.368. The van der Waals surface area contributed by atoms with E-state index in [1.54, 1.807) is 12.1 Å². The molecule has 15 nitrogen and oxygen atoms in total. The molecule has 4 aromatic rings. The molecule has 8 rings (SSSR count). The number of fused-ring (bicyclic) bond motifs is 1. The van der Waals surface area contributed by atoms with E-state index in [4.69, 9.17) is 5.73 Å². The normalized spacial score (nSPS) is 20.8. The first-order valence-corrected chi connectivity index (χ1v) is 18.3. The van der Waals surface area contributed by atoms with Gasteiger partial charge in [0.2, 0.25) is 11.8 Å². The van der Waals surface area contributed by atoms with E-state index in [2.05, 4.69) is 35.5 Å². The fourth-order valence-electron chi connectivity index (χ4n) is 8.02. The molecule has 2 aromatic heterocycles. The highest BCUT2D eigenvalue weighted by Crippen LogP contribution is 2.35. The van der Waals surface area contributed by atoms with Crippen molar-refractivity contribution in [2.75, 3.05) is 42.9 Å². The minimum atomic E-state index is -4.63. The van der Waals surface area contributed by atoms with Crippen LogP contribution in [-0.4, -0.2) is 97.8 Å². The molecule has 3 fully saturated rings. The predicted molar refractivity (Wildman–Crippen MR) is 194 cm³/mol. The Labute approximate surface area is 318 Å². The van der Waals surface area contributed by atoms with Gasteiger partial charge in [-0.25, -0.2) is 14.6 Å². The summed E-state index contributed by atoms with van der Waals surface area (Å²) in [5.41, 5.74) is 7.39. The summed E-state index contributed by atoms with van der Waals surface area (Å²) < 4.78 is 40.2. The van der Waals surface area contributed by atoms with Crippen LogP contribution in [0.1, 0.15) is 80.5 Å². The van der Waals surface area contributed by atoms with Gasteiger partial charge in [-0.3, -0.25) is 34.2 Å². The van der Waals surface area contributed by atoms with Crippen LogP contribution in [0, 0.1) is 5.92 Å². The summed E-state index contributed by atoms with van der Waals surface area (Å²) in [6.07, 6.45) is 0.712. The number of alkyl halides is 3. The number of imide groups is 2. The lowest BCUT2D eigenvalue weighted by Gasteiger charge is -2.34. The van der Waals surface area contributed by atoms with Crippen LogP contribution >= 0.6 is 0 Å². The van der Waals surface area contributed by atoms with Gasteiger partial charge in [0.25, 0.3) is 17.7 Å². The largest absolute Gasteiger partial charge is 0.435 e. The van der Waals surface area contributed by atoms with E-state index in [0.29, 0.717) is 17.5 Å². The Morgan fingerprint density at radius 3 is 2.38 bits per heavy atom. The van der Waals surface area contributed by atoms with Crippen LogP contribution in [0.3, 0.4) is 0 Å². The number of anilines is 3. The summed E-state index contributed by atoms with van der Waals surface area (Å²) >= 11 is 0. The molecule has 4 N–H and O–H groups in total. The average Bonchev–Trinajstić information content (AvgIpc) is 3.92. The highest BCUT2D eigenvalue weighted by atomic mass is 19.4. The predicted octanol–water partition coefficient (Wildman–Crippen LogP) is 3.63. The number of hydrogen-bond acceptors (Lipinski definition) is 11. The van der Waals surface area contributed by atoms with E-state index in [0.717, 1.165) is 91.3 Å². The van der Waals surface area contributed by atoms with E-state index in [9.17, 15) is 37.1 Å². The number of carbonyl (C=O) groups is 5. The topological polar surface area (TPSA) is 189 Å². The van der Waals surface area contributed by atoms with Crippen molar-refractivity contribution >= 4 is 46.7 Å². The third kappa shape index (κ3) is 7.18. The number of halogens is 3. The van der Waals surface area contributed by atoms with Crippen molar-refractivity contribution in [3.8, 4) is 5.82 Å². The molecule has 2 unspecified atom stereocenters. The average molecular weight is 771 g/mol. The monoisotopic (exact) mass is 770 g/mol. The zero-order valence-electron chi connectivity index (χ0n) is 30.0. The SMILES string of the molecule is NC(=O)c1ncc(-n2ccc(C(F)(F)F)n2)nc1Nc1ccc(C2CCN(CC3CCN(c4ccc5c(c4)C(=O)N(C4CCC(=O)NC4=O)C5=O)C3)CC2)cc1. The maximum atomic E-state index is 13.3. The molecule has 3 saturated heterocycles. The summed E-state index contributed by atoms with van der Waals surface area (Å²) in [6, 6.07) is 12.8. The molecule has 0 radical (unpaired) electrons. The number of hydrogen-bond donors (Lipinski definition) is 3. The Kier molecular flexibility index (Phi) is 9.51. The number of likely N-dealkylation sites (tertiary alicyclic amines) is 1. The Morgan fingerprint density at radius 2 is 1.68 bits per heavy atom. The van der Waals surface area contributed by atoms with Crippen LogP contribution in [0.2, 0.25) is 0 Å². The zero-order valence-corrected chi connectivity index (χ0v) is 30.0.